The summed E-state index contributed by atoms with van der Waals surface area (Å²) in [4.78, 5) is 23.6. The zero-order valence-corrected chi connectivity index (χ0v) is 24.5. The maximum absolute atomic E-state index is 11.8. The number of carbonyl (C=O) groups is 2. The van der Waals surface area contributed by atoms with E-state index in [2.05, 4.69) is 49.5 Å². The lowest BCUT2D eigenvalue weighted by molar-refractivity contribution is -0.152. The van der Waals surface area contributed by atoms with Crippen LogP contribution in [-0.4, -0.2) is 47.6 Å². The number of hydrogen-bond acceptors (Lipinski definition) is 6. The highest BCUT2D eigenvalue weighted by Gasteiger charge is 2.11. The molecule has 222 valence electrons. The molecule has 0 radical (unpaired) electrons. The number of carbonyl (C=O) groups excluding carboxylic acids is 2. The van der Waals surface area contributed by atoms with E-state index in [-0.39, 0.29) is 31.3 Å². The normalized spacial score (nSPS) is 13.8. The van der Waals surface area contributed by atoms with Crippen LogP contribution in [0.3, 0.4) is 0 Å². The lowest BCUT2D eigenvalue weighted by Gasteiger charge is -2.12. The molecule has 0 aliphatic carbocycles. The summed E-state index contributed by atoms with van der Waals surface area (Å²) in [6.45, 7) is 3.83. The van der Waals surface area contributed by atoms with Crippen molar-refractivity contribution in [2.45, 2.75) is 122 Å². The minimum Gasteiger partial charge on any atom is -0.463 e. The molecule has 0 rings (SSSR count). The molecule has 6 heteroatoms. The molecule has 0 amide bonds. The van der Waals surface area contributed by atoms with Crippen LogP contribution in [0.4, 0.5) is 0 Å². The molecule has 0 aromatic carbocycles. The standard InChI is InChI=1S/C33H54O6/c1-3-5-6-7-16-20-23-26-32(36)38-28-31(35)29-39-33(37)27-24-21-18-15-13-11-9-8-10-12-14-17-19-22-25-30(34)4-2/h9-12,15,17-19,22,25,30-31,34-35H,3-8,13-14,16,20-21,23-24,26-29H2,1-2H3/b11-9-,12-10-,18-15-,19-17-,25-22+/t30-,31-/m0/s1. The number of aliphatic hydroxyl groups excluding tert-OH is 2. The van der Waals surface area contributed by atoms with Gasteiger partial charge in [0.15, 0.2) is 0 Å². The molecule has 0 fully saturated rings. The van der Waals surface area contributed by atoms with Crippen LogP contribution in [0.5, 0.6) is 0 Å². The molecule has 0 saturated heterocycles. The third-order valence-electron chi connectivity index (χ3n) is 5.92. The molecule has 0 bridgehead atoms. The summed E-state index contributed by atoms with van der Waals surface area (Å²) < 4.78 is 10.1. The van der Waals surface area contributed by atoms with Gasteiger partial charge in [-0.05, 0) is 44.9 Å². The Kier molecular flexibility index (Phi) is 26.8. The van der Waals surface area contributed by atoms with E-state index in [9.17, 15) is 19.8 Å². The molecular weight excluding hydrogens is 492 g/mol. The smallest absolute Gasteiger partial charge is 0.305 e. The van der Waals surface area contributed by atoms with Crippen molar-refractivity contribution in [3.05, 3.63) is 60.8 Å². The zero-order valence-electron chi connectivity index (χ0n) is 24.5. The highest BCUT2D eigenvalue weighted by atomic mass is 16.6. The SMILES string of the molecule is CCCCCCCCCC(=O)OC[C@H](O)COC(=O)CCC/C=C\C/C=C\C/C=C\C/C=C\C=C\[C@@H](O)CC. The first-order valence-corrected chi connectivity index (χ1v) is 14.9. The first kappa shape index (κ1) is 36.6. The van der Waals surface area contributed by atoms with E-state index in [1.165, 1.54) is 25.7 Å². The van der Waals surface area contributed by atoms with Gasteiger partial charge in [-0.2, -0.15) is 0 Å². The summed E-state index contributed by atoms with van der Waals surface area (Å²) in [7, 11) is 0. The van der Waals surface area contributed by atoms with Crippen molar-refractivity contribution < 1.29 is 29.3 Å². The Hall–Kier alpha value is -2.44. The topological polar surface area (TPSA) is 93.1 Å². The van der Waals surface area contributed by atoms with Crippen molar-refractivity contribution in [2.75, 3.05) is 13.2 Å². The van der Waals surface area contributed by atoms with Gasteiger partial charge >= 0.3 is 11.9 Å². The Morgan fingerprint density at radius 1 is 0.641 bits per heavy atom. The number of ether oxygens (including phenoxy) is 2. The Bertz CT molecular complexity index is 734. The molecule has 6 nitrogen and oxygen atoms in total. The molecule has 0 aromatic heterocycles. The average molecular weight is 547 g/mol. The van der Waals surface area contributed by atoms with Crippen LogP contribution in [0.25, 0.3) is 0 Å². The van der Waals surface area contributed by atoms with E-state index >= 15 is 0 Å². The maximum atomic E-state index is 11.8. The van der Waals surface area contributed by atoms with Gasteiger partial charge in [0, 0.05) is 12.8 Å². The van der Waals surface area contributed by atoms with Crippen LogP contribution in [0.15, 0.2) is 60.8 Å². The molecule has 0 unspecified atom stereocenters. The number of aliphatic hydroxyl groups is 2. The van der Waals surface area contributed by atoms with Crippen molar-refractivity contribution in [1.82, 2.24) is 0 Å². The number of esters is 2. The van der Waals surface area contributed by atoms with E-state index in [1.807, 2.05) is 19.1 Å². The quantitative estimate of drug-likeness (QED) is 0.0534. The highest BCUT2D eigenvalue weighted by molar-refractivity contribution is 5.69. The minimum atomic E-state index is -0.993. The van der Waals surface area contributed by atoms with Crippen LogP contribution >= 0.6 is 0 Å². The van der Waals surface area contributed by atoms with Gasteiger partial charge in [0.25, 0.3) is 0 Å². The average Bonchev–Trinajstić information content (AvgIpc) is 2.93. The molecule has 39 heavy (non-hydrogen) atoms. The summed E-state index contributed by atoms with van der Waals surface area (Å²) in [5, 5.41) is 19.3. The Morgan fingerprint density at radius 2 is 1.15 bits per heavy atom. The van der Waals surface area contributed by atoms with Gasteiger partial charge in [0.2, 0.25) is 0 Å². The van der Waals surface area contributed by atoms with Crippen molar-refractivity contribution in [1.29, 1.82) is 0 Å². The van der Waals surface area contributed by atoms with Gasteiger partial charge in [0.1, 0.15) is 19.3 Å². The second-order valence-corrected chi connectivity index (χ2v) is 9.69. The van der Waals surface area contributed by atoms with Crippen LogP contribution in [0, 0.1) is 0 Å². The fourth-order valence-corrected chi connectivity index (χ4v) is 3.48. The van der Waals surface area contributed by atoms with E-state index in [0.29, 0.717) is 19.3 Å². The summed E-state index contributed by atoms with van der Waals surface area (Å²) >= 11 is 0. The highest BCUT2D eigenvalue weighted by Crippen LogP contribution is 2.09. The van der Waals surface area contributed by atoms with Gasteiger partial charge in [-0.25, -0.2) is 0 Å². The molecule has 2 atom stereocenters. The zero-order chi connectivity index (χ0) is 28.8. The van der Waals surface area contributed by atoms with Crippen LogP contribution in [-0.2, 0) is 19.1 Å². The number of allylic oxidation sites excluding steroid dienone is 9. The van der Waals surface area contributed by atoms with E-state index in [0.717, 1.165) is 51.4 Å². The second-order valence-electron chi connectivity index (χ2n) is 9.69. The van der Waals surface area contributed by atoms with Gasteiger partial charge in [-0.3, -0.25) is 9.59 Å². The van der Waals surface area contributed by atoms with E-state index < -0.39 is 6.10 Å². The van der Waals surface area contributed by atoms with Gasteiger partial charge in [0.05, 0.1) is 6.10 Å². The predicted molar refractivity (Wildman–Crippen MR) is 160 cm³/mol. The Balaban J connectivity index is 3.66. The fourth-order valence-electron chi connectivity index (χ4n) is 3.48. The van der Waals surface area contributed by atoms with Crippen LogP contribution in [0.1, 0.15) is 110 Å². The Morgan fingerprint density at radius 3 is 1.74 bits per heavy atom. The minimum absolute atomic E-state index is 0.145. The largest absolute Gasteiger partial charge is 0.463 e. The van der Waals surface area contributed by atoms with Crippen LogP contribution in [0.2, 0.25) is 0 Å². The number of hydrogen-bond donors (Lipinski definition) is 2. The molecule has 0 heterocycles. The summed E-state index contributed by atoms with van der Waals surface area (Å²) in [5.41, 5.74) is 0. The third-order valence-corrected chi connectivity index (χ3v) is 5.92. The second kappa shape index (κ2) is 28.6. The summed E-state index contributed by atoms with van der Waals surface area (Å²) in [5.74, 6) is -0.665. The molecule has 0 aliphatic heterocycles. The van der Waals surface area contributed by atoms with Crippen molar-refractivity contribution in [3.63, 3.8) is 0 Å². The monoisotopic (exact) mass is 546 g/mol. The first-order valence-electron chi connectivity index (χ1n) is 14.9. The molecule has 0 spiro atoms. The third kappa shape index (κ3) is 28.4. The van der Waals surface area contributed by atoms with Crippen molar-refractivity contribution in [2.24, 2.45) is 0 Å². The van der Waals surface area contributed by atoms with Gasteiger partial charge in [-0.1, -0.05) is 113 Å². The first-order chi connectivity index (χ1) is 19.0. The lowest BCUT2D eigenvalue weighted by Crippen LogP contribution is -2.25. The predicted octanol–water partition coefficient (Wildman–Crippen LogP) is 7.47. The maximum Gasteiger partial charge on any atom is 0.305 e. The summed E-state index contributed by atoms with van der Waals surface area (Å²) in [6, 6.07) is 0. The molecule has 0 saturated carbocycles. The molecule has 2 N–H and O–H groups in total. The van der Waals surface area contributed by atoms with E-state index in [4.69, 9.17) is 9.47 Å². The fraction of sp³-hybridized carbons (Fsp3) is 0.636. The molecule has 0 aliphatic rings. The number of rotatable bonds is 25. The number of unbranched alkanes of at least 4 members (excludes halogenated alkanes) is 7. The van der Waals surface area contributed by atoms with Gasteiger partial charge in [-0.15, -0.1) is 0 Å². The molecule has 0 aromatic rings. The lowest BCUT2D eigenvalue weighted by atomic mass is 10.1. The van der Waals surface area contributed by atoms with Crippen molar-refractivity contribution >= 4 is 11.9 Å². The van der Waals surface area contributed by atoms with Crippen molar-refractivity contribution in [3.8, 4) is 0 Å². The van der Waals surface area contributed by atoms with E-state index in [1.54, 1.807) is 6.08 Å². The van der Waals surface area contributed by atoms with Crippen LogP contribution < -0.4 is 0 Å². The van der Waals surface area contributed by atoms with Gasteiger partial charge < -0.3 is 19.7 Å². The Labute approximate surface area is 237 Å². The molecular formula is C33H54O6. The summed E-state index contributed by atoms with van der Waals surface area (Å²) in [6.07, 6.45) is 32.3.